The molecule has 5 nitrogen and oxygen atoms in total. The zero-order valence-corrected chi connectivity index (χ0v) is 12.7. The van der Waals surface area contributed by atoms with Crippen LogP contribution in [0.5, 0.6) is 0 Å². The van der Waals surface area contributed by atoms with Gasteiger partial charge >= 0.3 is 5.97 Å². The molecule has 0 spiro atoms. The van der Waals surface area contributed by atoms with Gasteiger partial charge in [-0.2, -0.15) is 0 Å². The van der Waals surface area contributed by atoms with Crippen LogP contribution in [0.25, 0.3) is 0 Å². The summed E-state index contributed by atoms with van der Waals surface area (Å²) in [7, 11) is 0. The van der Waals surface area contributed by atoms with Gasteiger partial charge in [0.2, 0.25) is 5.91 Å². The molecule has 0 radical (unpaired) electrons. The fraction of sp³-hybridized carbons (Fsp3) is 0.500. The van der Waals surface area contributed by atoms with Crippen molar-refractivity contribution in [1.82, 2.24) is 0 Å². The highest BCUT2D eigenvalue weighted by Crippen LogP contribution is 2.33. The maximum Gasteiger partial charge on any atom is 0.335 e. The fourth-order valence-corrected chi connectivity index (χ4v) is 2.93. The van der Waals surface area contributed by atoms with Crippen molar-refractivity contribution in [3.8, 4) is 0 Å². The molecule has 4 unspecified atom stereocenters. The predicted octanol–water partition coefficient (Wildman–Crippen LogP) is 2.69. The van der Waals surface area contributed by atoms with Crippen LogP contribution in [0.2, 0.25) is 0 Å². The lowest BCUT2D eigenvalue weighted by Crippen LogP contribution is -2.32. The van der Waals surface area contributed by atoms with Crippen molar-refractivity contribution in [3.63, 3.8) is 0 Å². The van der Waals surface area contributed by atoms with Crippen molar-refractivity contribution in [1.29, 1.82) is 0 Å². The van der Waals surface area contributed by atoms with Gasteiger partial charge in [0.1, 0.15) is 0 Å². The van der Waals surface area contributed by atoms with Crippen LogP contribution in [0.4, 0.5) is 5.69 Å². The Morgan fingerprint density at radius 1 is 1.19 bits per heavy atom. The van der Waals surface area contributed by atoms with E-state index in [1.54, 1.807) is 19.1 Å². The summed E-state index contributed by atoms with van der Waals surface area (Å²) in [5.41, 5.74) is 1.48. The molecule has 1 aliphatic rings. The number of carbonyl (C=O) groups excluding carboxylic acids is 1. The molecule has 2 rings (SSSR count). The Labute approximate surface area is 124 Å². The Bertz CT molecular complexity index is 569. The fourth-order valence-electron chi connectivity index (χ4n) is 2.93. The molecule has 21 heavy (non-hydrogen) atoms. The second kappa shape index (κ2) is 5.85. The average Bonchev–Trinajstić information content (AvgIpc) is 2.62. The number of hydrogen-bond acceptors (Lipinski definition) is 3. The summed E-state index contributed by atoms with van der Waals surface area (Å²) >= 11 is 0. The molecule has 1 aromatic rings. The van der Waals surface area contributed by atoms with E-state index in [2.05, 4.69) is 5.32 Å². The minimum absolute atomic E-state index is 0.0619. The first-order chi connectivity index (χ1) is 9.81. The van der Waals surface area contributed by atoms with E-state index in [1.165, 1.54) is 6.07 Å². The first-order valence-corrected chi connectivity index (χ1v) is 7.11. The highest BCUT2D eigenvalue weighted by atomic mass is 16.5. The molecule has 1 fully saturated rings. The Kier molecular flexibility index (Phi) is 4.32. The van der Waals surface area contributed by atoms with E-state index in [0.717, 1.165) is 0 Å². The van der Waals surface area contributed by atoms with Crippen LogP contribution < -0.4 is 5.32 Å². The third-order valence-corrected chi connectivity index (χ3v) is 4.27. The summed E-state index contributed by atoms with van der Waals surface area (Å²) in [6.45, 7) is 7.60. The van der Waals surface area contributed by atoms with Crippen molar-refractivity contribution in [2.75, 3.05) is 5.32 Å². The molecule has 1 aliphatic heterocycles. The number of benzene rings is 1. The van der Waals surface area contributed by atoms with Gasteiger partial charge in [0, 0.05) is 5.69 Å². The van der Waals surface area contributed by atoms with E-state index >= 15 is 0 Å². The van der Waals surface area contributed by atoms with Crippen LogP contribution in [-0.4, -0.2) is 29.2 Å². The topological polar surface area (TPSA) is 75.6 Å². The van der Waals surface area contributed by atoms with Crippen LogP contribution in [0, 0.1) is 18.8 Å². The molecule has 4 atom stereocenters. The molecule has 1 aromatic carbocycles. The van der Waals surface area contributed by atoms with Gasteiger partial charge in [-0.3, -0.25) is 4.79 Å². The zero-order chi connectivity index (χ0) is 15.7. The van der Waals surface area contributed by atoms with E-state index in [4.69, 9.17) is 9.84 Å². The first kappa shape index (κ1) is 15.5. The van der Waals surface area contributed by atoms with Gasteiger partial charge in [-0.1, -0.05) is 6.92 Å². The lowest BCUT2D eigenvalue weighted by Gasteiger charge is -2.18. The van der Waals surface area contributed by atoms with Crippen LogP contribution >= 0.6 is 0 Å². The monoisotopic (exact) mass is 291 g/mol. The third kappa shape index (κ3) is 3.08. The number of amides is 1. The lowest BCUT2D eigenvalue weighted by molar-refractivity contribution is -0.121. The van der Waals surface area contributed by atoms with Crippen LogP contribution in [0.3, 0.4) is 0 Å². The van der Waals surface area contributed by atoms with Crippen LogP contribution in [0.15, 0.2) is 18.2 Å². The normalized spacial score (nSPS) is 28.4. The molecule has 0 bridgehead atoms. The summed E-state index contributed by atoms with van der Waals surface area (Å²) in [4.78, 5) is 23.4. The molecule has 0 saturated carbocycles. The Morgan fingerprint density at radius 2 is 1.86 bits per heavy atom. The largest absolute Gasteiger partial charge is 0.478 e. The number of hydrogen-bond donors (Lipinski definition) is 2. The van der Waals surface area contributed by atoms with Crippen molar-refractivity contribution in [3.05, 3.63) is 29.3 Å². The summed E-state index contributed by atoms with van der Waals surface area (Å²) in [6, 6.07) is 4.80. The van der Waals surface area contributed by atoms with Gasteiger partial charge in [-0.05, 0) is 50.5 Å². The molecule has 1 amide bonds. The number of carboxylic acid groups (broad SMARTS) is 1. The van der Waals surface area contributed by atoms with E-state index in [0.29, 0.717) is 11.3 Å². The molecule has 114 valence electrons. The van der Waals surface area contributed by atoms with Crippen molar-refractivity contribution >= 4 is 17.6 Å². The summed E-state index contributed by atoms with van der Waals surface area (Å²) in [6.07, 6.45) is -0.0544. The molecular formula is C16H21NO4. The zero-order valence-electron chi connectivity index (χ0n) is 12.7. The number of carbonyl (C=O) groups is 2. The van der Waals surface area contributed by atoms with Crippen LogP contribution in [-0.2, 0) is 9.53 Å². The number of rotatable bonds is 3. The first-order valence-electron chi connectivity index (χ1n) is 7.11. The minimum atomic E-state index is -0.967. The molecule has 0 aromatic heterocycles. The Morgan fingerprint density at radius 3 is 2.33 bits per heavy atom. The molecule has 1 heterocycles. The second-order valence-corrected chi connectivity index (χ2v) is 5.76. The molecule has 2 N–H and O–H groups in total. The number of anilines is 1. The molecule has 5 heteroatoms. The number of carboxylic acids is 1. The number of nitrogens with one attached hydrogen (secondary N) is 1. The van der Waals surface area contributed by atoms with Gasteiger partial charge in [0.05, 0.1) is 23.7 Å². The summed E-state index contributed by atoms with van der Waals surface area (Å²) in [5, 5.41) is 11.9. The van der Waals surface area contributed by atoms with E-state index in [9.17, 15) is 9.59 Å². The third-order valence-electron chi connectivity index (χ3n) is 4.27. The van der Waals surface area contributed by atoms with Crippen molar-refractivity contribution < 1.29 is 19.4 Å². The number of aromatic carboxylic acids is 1. The lowest BCUT2D eigenvalue weighted by atomic mass is 9.89. The number of aryl methyl sites for hydroxylation is 1. The van der Waals surface area contributed by atoms with Crippen LogP contribution in [0.1, 0.15) is 36.7 Å². The van der Waals surface area contributed by atoms with Gasteiger partial charge in [0.15, 0.2) is 0 Å². The Balaban J connectivity index is 2.13. The quantitative estimate of drug-likeness (QED) is 0.897. The van der Waals surface area contributed by atoms with Gasteiger partial charge in [-0.15, -0.1) is 0 Å². The van der Waals surface area contributed by atoms with Crippen molar-refractivity contribution in [2.24, 2.45) is 11.8 Å². The smallest absolute Gasteiger partial charge is 0.335 e. The molecule has 1 saturated heterocycles. The van der Waals surface area contributed by atoms with E-state index in [1.807, 2.05) is 20.8 Å². The maximum atomic E-state index is 12.4. The highest BCUT2D eigenvalue weighted by molar-refractivity contribution is 5.95. The maximum absolute atomic E-state index is 12.4. The molecule has 0 aliphatic carbocycles. The predicted molar refractivity (Wildman–Crippen MR) is 79.4 cm³/mol. The number of ether oxygens (including phenoxy) is 1. The SMILES string of the molecule is Cc1cc(NC(=O)C2C(C)OC(C)C2C)ccc1C(=O)O. The standard InChI is InChI=1S/C16H21NO4/c1-8-7-12(5-6-13(8)16(19)20)17-15(18)14-9(2)10(3)21-11(14)4/h5-7,9-11,14H,1-4H3,(H,17,18)(H,19,20). The van der Waals surface area contributed by atoms with E-state index in [-0.39, 0.29) is 35.5 Å². The summed E-state index contributed by atoms with van der Waals surface area (Å²) in [5.74, 6) is -1.09. The summed E-state index contributed by atoms with van der Waals surface area (Å²) < 4.78 is 5.68. The van der Waals surface area contributed by atoms with Crippen molar-refractivity contribution in [2.45, 2.75) is 39.9 Å². The highest BCUT2D eigenvalue weighted by Gasteiger charge is 2.41. The van der Waals surface area contributed by atoms with E-state index < -0.39 is 5.97 Å². The van der Waals surface area contributed by atoms with Gasteiger partial charge in [-0.25, -0.2) is 4.79 Å². The van der Waals surface area contributed by atoms with Gasteiger partial charge in [0.25, 0.3) is 0 Å². The molecular weight excluding hydrogens is 270 g/mol. The average molecular weight is 291 g/mol. The Hall–Kier alpha value is -1.88. The minimum Gasteiger partial charge on any atom is -0.478 e. The second-order valence-electron chi connectivity index (χ2n) is 5.76. The van der Waals surface area contributed by atoms with Gasteiger partial charge < -0.3 is 15.2 Å².